The Bertz CT molecular complexity index is 501. The molecule has 1 aliphatic rings. The van der Waals surface area contributed by atoms with E-state index >= 15 is 0 Å². The van der Waals surface area contributed by atoms with Crippen molar-refractivity contribution in [3.05, 3.63) is 35.4 Å². The van der Waals surface area contributed by atoms with E-state index in [1.165, 1.54) is 0 Å². The smallest absolute Gasteiger partial charge is 0.211 e. The van der Waals surface area contributed by atoms with Gasteiger partial charge in [-0.3, -0.25) is 0 Å². The highest BCUT2D eigenvalue weighted by atomic mass is 35.5. The lowest BCUT2D eigenvalue weighted by Gasteiger charge is -2.24. The normalized spacial score (nSPS) is 21.9. The fourth-order valence-electron chi connectivity index (χ4n) is 2.41. The molecule has 1 aromatic carbocycles. The van der Waals surface area contributed by atoms with Crippen LogP contribution in [0.1, 0.15) is 30.0 Å². The van der Waals surface area contributed by atoms with Gasteiger partial charge in [-0.15, -0.1) is 11.6 Å². The minimum absolute atomic E-state index is 0.0417. The van der Waals surface area contributed by atoms with Crippen molar-refractivity contribution in [3.8, 4) is 0 Å². The lowest BCUT2D eigenvalue weighted by atomic mass is 10.0. The molecule has 1 fully saturated rings. The van der Waals surface area contributed by atoms with Crippen LogP contribution < -0.4 is 0 Å². The van der Waals surface area contributed by atoms with E-state index in [-0.39, 0.29) is 11.3 Å². The molecular weight excluding hydrogens is 258 g/mol. The van der Waals surface area contributed by atoms with Crippen molar-refractivity contribution in [1.29, 1.82) is 0 Å². The van der Waals surface area contributed by atoms with Crippen LogP contribution in [-0.2, 0) is 10.0 Å². The van der Waals surface area contributed by atoms with E-state index in [2.05, 4.69) is 0 Å². The molecule has 0 bridgehead atoms. The zero-order chi connectivity index (χ0) is 12.5. The van der Waals surface area contributed by atoms with E-state index in [0.717, 1.165) is 24.0 Å². The number of nitrogens with zero attached hydrogens (tertiary/aromatic N) is 1. The van der Waals surface area contributed by atoms with E-state index in [0.29, 0.717) is 6.54 Å². The Labute approximate surface area is 107 Å². The van der Waals surface area contributed by atoms with Crippen molar-refractivity contribution in [3.63, 3.8) is 0 Å². The topological polar surface area (TPSA) is 37.4 Å². The van der Waals surface area contributed by atoms with Crippen molar-refractivity contribution in [2.75, 3.05) is 11.8 Å². The SMILES string of the molecule is Cc1ccccc1C1CCCN1S(=O)(=O)CCl. The molecule has 94 valence electrons. The lowest BCUT2D eigenvalue weighted by molar-refractivity contribution is 0.398. The minimum atomic E-state index is -3.31. The molecule has 2 rings (SSSR count). The third kappa shape index (κ3) is 2.49. The van der Waals surface area contributed by atoms with Crippen molar-refractivity contribution in [2.24, 2.45) is 0 Å². The zero-order valence-electron chi connectivity index (χ0n) is 9.77. The van der Waals surface area contributed by atoms with Crippen LogP contribution in [0.25, 0.3) is 0 Å². The maximum atomic E-state index is 11.9. The minimum Gasteiger partial charge on any atom is -0.211 e. The number of rotatable bonds is 3. The predicted molar refractivity (Wildman–Crippen MR) is 69.5 cm³/mol. The summed E-state index contributed by atoms with van der Waals surface area (Å²) in [5, 5.41) is -0.338. The van der Waals surface area contributed by atoms with Crippen LogP contribution in [0.15, 0.2) is 24.3 Å². The largest absolute Gasteiger partial charge is 0.228 e. The Morgan fingerprint density at radius 3 is 2.76 bits per heavy atom. The molecule has 1 aromatic rings. The molecule has 0 spiro atoms. The number of aryl methyl sites for hydroxylation is 1. The summed E-state index contributed by atoms with van der Waals surface area (Å²) >= 11 is 5.54. The number of hydrogen-bond donors (Lipinski definition) is 0. The van der Waals surface area contributed by atoms with Crippen LogP contribution in [0, 0.1) is 6.92 Å². The van der Waals surface area contributed by atoms with Gasteiger partial charge in [-0.25, -0.2) is 8.42 Å². The van der Waals surface area contributed by atoms with Crippen LogP contribution in [0.5, 0.6) is 0 Å². The Morgan fingerprint density at radius 1 is 1.41 bits per heavy atom. The van der Waals surface area contributed by atoms with Gasteiger partial charge in [0.25, 0.3) is 0 Å². The summed E-state index contributed by atoms with van der Waals surface area (Å²) in [6, 6.07) is 7.89. The summed E-state index contributed by atoms with van der Waals surface area (Å²) in [7, 11) is -3.31. The van der Waals surface area contributed by atoms with Crippen LogP contribution in [-0.4, -0.2) is 24.5 Å². The first kappa shape index (κ1) is 12.9. The number of alkyl halides is 1. The van der Waals surface area contributed by atoms with Gasteiger partial charge in [0.2, 0.25) is 10.0 Å². The molecule has 1 aliphatic heterocycles. The molecule has 0 radical (unpaired) electrons. The van der Waals surface area contributed by atoms with Crippen LogP contribution >= 0.6 is 11.6 Å². The first-order chi connectivity index (χ1) is 8.06. The molecule has 17 heavy (non-hydrogen) atoms. The van der Waals surface area contributed by atoms with Gasteiger partial charge < -0.3 is 0 Å². The van der Waals surface area contributed by atoms with Crippen molar-refractivity contribution >= 4 is 21.6 Å². The van der Waals surface area contributed by atoms with Crippen LogP contribution in [0.3, 0.4) is 0 Å². The Kier molecular flexibility index (Phi) is 3.76. The third-order valence-electron chi connectivity index (χ3n) is 3.25. The summed E-state index contributed by atoms with van der Waals surface area (Å²) in [6.07, 6.45) is 1.77. The quantitative estimate of drug-likeness (QED) is 0.794. The Hall–Kier alpha value is -0.580. The van der Waals surface area contributed by atoms with E-state index in [1.54, 1.807) is 4.31 Å². The first-order valence-corrected chi connectivity index (χ1v) is 7.81. The molecule has 0 amide bonds. The number of benzene rings is 1. The average molecular weight is 274 g/mol. The summed E-state index contributed by atoms with van der Waals surface area (Å²) in [4.78, 5) is 0. The molecule has 0 aliphatic carbocycles. The van der Waals surface area contributed by atoms with Gasteiger partial charge in [-0.1, -0.05) is 24.3 Å². The van der Waals surface area contributed by atoms with Gasteiger partial charge >= 0.3 is 0 Å². The van der Waals surface area contributed by atoms with Crippen molar-refractivity contribution in [1.82, 2.24) is 4.31 Å². The van der Waals surface area contributed by atoms with Gasteiger partial charge in [0.1, 0.15) is 5.21 Å². The monoisotopic (exact) mass is 273 g/mol. The predicted octanol–water partition coefficient (Wildman–Crippen LogP) is 2.66. The fraction of sp³-hybridized carbons (Fsp3) is 0.500. The fourth-order valence-corrected chi connectivity index (χ4v) is 3.92. The highest BCUT2D eigenvalue weighted by Crippen LogP contribution is 2.35. The van der Waals surface area contributed by atoms with Crippen LogP contribution in [0.4, 0.5) is 0 Å². The van der Waals surface area contributed by atoms with Crippen LogP contribution in [0.2, 0.25) is 0 Å². The number of hydrogen-bond acceptors (Lipinski definition) is 2. The second kappa shape index (κ2) is 4.96. The summed E-state index contributed by atoms with van der Waals surface area (Å²) in [5.74, 6) is 0. The molecule has 0 saturated carbocycles. The van der Waals surface area contributed by atoms with E-state index in [4.69, 9.17) is 11.6 Å². The first-order valence-electron chi connectivity index (χ1n) is 5.67. The standard InChI is InChI=1S/C12H16ClNO2S/c1-10-5-2-3-6-11(10)12-7-4-8-14(12)17(15,16)9-13/h2-3,5-6,12H,4,7-9H2,1H3. The maximum Gasteiger partial charge on any atom is 0.228 e. The Balaban J connectivity index is 2.36. The van der Waals surface area contributed by atoms with Gasteiger partial charge in [-0.05, 0) is 30.9 Å². The zero-order valence-corrected chi connectivity index (χ0v) is 11.3. The van der Waals surface area contributed by atoms with E-state index in [9.17, 15) is 8.42 Å². The summed E-state index contributed by atoms with van der Waals surface area (Å²) in [5.41, 5.74) is 2.23. The molecule has 1 saturated heterocycles. The van der Waals surface area contributed by atoms with Gasteiger partial charge in [0.05, 0.1) is 6.04 Å². The highest BCUT2D eigenvalue weighted by Gasteiger charge is 2.34. The van der Waals surface area contributed by atoms with Crippen molar-refractivity contribution < 1.29 is 8.42 Å². The third-order valence-corrected chi connectivity index (χ3v) is 5.50. The highest BCUT2D eigenvalue weighted by molar-refractivity contribution is 7.90. The molecule has 1 unspecified atom stereocenters. The van der Waals surface area contributed by atoms with E-state index in [1.807, 2.05) is 31.2 Å². The number of halogens is 1. The molecular formula is C12H16ClNO2S. The summed E-state index contributed by atoms with van der Waals surface area (Å²) in [6.45, 7) is 2.59. The molecule has 0 N–H and O–H groups in total. The van der Waals surface area contributed by atoms with Crippen molar-refractivity contribution in [2.45, 2.75) is 25.8 Å². The molecule has 1 heterocycles. The van der Waals surface area contributed by atoms with Gasteiger partial charge in [0, 0.05) is 6.54 Å². The molecule has 5 heteroatoms. The van der Waals surface area contributed by atoms with Gasteiger partial charge in [-0.2, -0.15) is 4.31 Å². The number of sulfonamides is 1. The molecule has 3 nitrogen and oxygen atoms in total. The maximum absolute atomic E-state index is 11.9. The lowest BCUT2D eigenvalue weighted by Crippen LogP contribution is -2.31. The second-order valence-corrected chi connectivity index (χ2v) is 6.85. The average Bonchev–Trinajstić information content (AvgIpc) is 2.79. The van der Waals surface area contributed by atoms with Gasteiger partial charge in [0.15, 0.2) is 0 Å². The van der Waals surface area contributed by atoms with E-state index < -0.39 is 10.0 Å². The second-order valence-electron chi connectivity index (χ2n) is 4.35. The molecule has 0 aromatic heterocycles. The summed E-state index contributed by atoms with van der Waals surface area (Å²) < 4.78 is 25.3. The Morgan fingerprint density at radius 2 is 2.12 bits per heavy atom. The molecule has 1 atom stereocenters.